The van der Waals surface area contributed by atoms with Crippen LogP contribution in [0.1, 0.15) is 16.8 Å². The summed E-state index contributed by atoms with van der Waals surface area (Å²) in [7, 11) is 3.20. The Morgan fingerprint density at radius 3 is 2.57 bits per heavy atom. The fraction of sp³-hybridized carbons (Fsp3) is 0.333. The summed E-state index contributed by atoms with van der Waals surface area (Å²) in [6.45, 7) is 1.78. The Labute approximate surface area is 127 Å². The summed E-state index contributed by atoms with van der Waals surface area (Å²) < 4.78 is 10.5. The van der Waals surface area contributed by atoms with E-state index in [1.165, 1.54) is 11.8 Å². The molecule has 0 amide bonds. The lowest BCUT2D eigenvalue weighted by molar-refractivity contribution is 0.354. The molecule has 0 aliphatic carbocycles. The second kappa shape index (κ2) is 6.67. The minimum Gasteiger partial charge on any atom is -0.493 e. The molecular weight excluding hydrogens is 288 g/mol. The maximum Gasteiger partial charge on any atom is 0.254 e. The summed E-state index contributed by atoms with van der Waals surface area (Å²) in [5, 5.41) is 0.626. The van der Waals surface area contributed by atoms with Gasteiger partial charge in [-0.2, -0.15) is 0 Å². The molecule has 0 saturated carbocycles. The van der Waals surface area contributed by atoms with Crippen molar-refractivity contribution in [2.45, 2.75) is 18.5 Å². The molecule has 6 heteroatoms. The van der Waals surface area contributed by atoms with Gasteiger partial charge in [0.2, 0.25) is 0 Å². The highest BCUT2D eigenvalue weighted by Gasteiger charge is 2.10. The number of aromatic amines is 1. The summed E-state index contributed by atoms with van der Waals surface area (Å²) in [4.78, 5) is 19.1. The van der Waals surface area contributed by atoms with E-state index in [9.17, 15) is 4.79 Å². The highest BCUT2D eigenvalue weighted by Crippen LogP contribution is 2.28. The van der Waals surface area contributed by atoms with Crippen LogP contribution in [0.25, 0.3) is 0 Å². The zero-order valence-corrected chi connectivity index (χ0v) is 13.3. The predicted molar refractivity (Wildman–Crippen MR) is 83.7 cm³/mol. The number of ether oxygens (including phenoxy) is 2. The Kier molecular flexibility index (Phi) is 4.90. The topological polar surface area (TPSA) is 64.2 Å². The molecule has 0 radical (unpaired) electrons. The number of rotatable bonds is 5. The zero-order chi connectivity index (χ0) is 15.4. The van der Waals surface area contributed by atoms with Gasteiger partial charge in [-0.3, -0.25) is 4.79 Å². The van der Waals surface area contributed by atoms with Crippen molar-refractivity contribution in [1.82, 2.24) is 9.97 Å². The quantitative estimate of drug-likeness (QED) is 0.679. The Morgan fingerprint density at radius 1 is 1.24 bits per heavy atom. The van der Waals surface area contributed by atoms with Crippen LogP contribution in [-0.2, 0) is 6.42 Å². The van der Waals surface area contributed by atoms with Crippen LogP contribution in [0.15, 0.2) is 28.2 Å². The van der Waals surface area contributed by atoms with Gasteiger partial charge in [0, 0.05) is 12.0 Å². The first-order valence-electron chi connectivity index (χ1n) is 6.43. The third kappa shape index (κ3) is 3.39. The molecule has 1 aromatic carbocycles. The van der Waals surface area contributed by atoms with Crippen LogP contribution < -0.4 is 15.0 Å². The standard InChI is InChI=1S/C15H18N2O3S/c1-9-11(16-15(21-4)17-14(9)18)7-10-5-6-12(19-2)13(8-10)20-3/h5-6,8H,7H2,1-4H3,(H,16,17,18). The van der Waals surface area contributed by atoms with Crippen LogP contribution in [0.2, 0.25) is 0 Å². The maximum absolute atomic E-state index is 11.9. The van der Waals surface area contributed by atoms with Gasteiger partial charge in [-0.25, -0.2) is 4.98 Å². The highest BCUT2D eigenvalue weighted by atomic mass is 32.2. The van der Waals surface area contributed by atoms with E-state index < -0.39 is 0 Å². The molecule has 0 unspecified atom stereocenters. The molecule has 0 atom stereocenters. The van der Waals surface area contributed by atoms with Gasteiger partial charge in [0.15, 0.2) is 16.7 Å². The number of H-pyrrole nitrogens is 1. The van der Waals surface area contributed by atoms with Crippen LogP contribution in [0, 0.1) is 6.92 Å². The molecule has 1 aromatic heterocycles. The summed E-state index contributed by atoms with van der Waals surface area (Å²) in [5.41, 5.74) is 2.34. The van der Waals surface area contributed by atoms with E-state index in [-0.39, 0.29) is 5.56 Å². The van der Waals surface area contributed by atoms with E-state index in [4.69, 9.17) is 9.47 Å². The third-order valence-corrected chi connectivity index (χ3v) is 3.82. The number of thioether (sulfide) groups is 1. The molecule has 0 bridgehead atoms. The van der Waals surface area contributed by atoms with E-state index in [1.807, 2.05) is 24.5 Å². The molecule has 112 valence electrons. The van der Waals surface area contributed by atoms with Crippen LogP contribution in [0.4, 0.5) is 0 Å². The van der Waals surface area contributed by atoms with Crippen molar-refractivity contribution >= 4 is 11.8 Å². The molecule has 21 heavy (non-hydrogen) atoms. The fourth-order valence-electron chi connectivity index (χ4n) is 2.01. The normalized spacial score (nSPS) is 10.5. The van der Waals surface area contributed by atoms with Crippen molar-refractivity contribution < 1.29 is 9.47 Å². The zero-order valence-electron chi connectivity index (χ0n) is 12.5. The predicted octanol–water partition coefficient (Wildman–Crippen LogP) is 2.41. The molecular formula is C15H18N2O3S. The van der Waals surface area contributed by atoms with Gasteiger partial charge in [-0.05, 0) is 30.9 Å². The van der Waals surface area contributed by atoms with Gasteiger partial charge >= 0.3 is 0 Å². The largest absolute Gasteiger partial charge is 0.493 e. The van der Waals surface area contributed by atoms with E-state index >= 15 is 0 Å². The molecule has 0 saturated heterocycles. The van der Waals surface area contributed by atoms with Crippen molar-refractivity contribution in [3.8, 4) is 11.5 Å². The van der Waals surface area contributed by atoms with Crippen LogP contribution in [-0.4, -0.2) is 30.4 Å². The molecule has 1 N–H and O–H groups in total. The monoisotopic (exact) mass is 306 g/mol. The Hall–Kier alpha value is -1.95. The average Bonchev–Trinajstić information content (AvgIpc) is 2.51. The summed E-state index contributed by atoms with van der Waals surface area (Å²) >= 11 is 1.42. The van der Waals surface area contributed by atoms with Crippen molar-refractivity contribution in [3.63, 3.8) is 0 Å². The number of methoxy groups -OCH3 is 2. The molecule has 0 aliphatic rings. The summed E-state index contributed by atoms with van der Waals surface area (Å²) in [6.07, 6.45) is 2.46. The number of nitrogens with one attached hydrogen (secondary N) is 1. The second-order valence-corrected chi connectivity index (χ2v) is 5.31. The fourth-order valence-corrected chi connectivity index (χ4v) is 2.41. The molecule has 0 aliphatic heterocycles. The molecule has 0 fully saturated rings. The number of aromatic nitrogens is 2. The third-order valence-electron chi connectivity index (χ3n) is 3.24. The van der Waals surface area contributed by atoms with Gasteiger partial charge in [0.1, 0.15) is 0 Å². The number of hydrogen-bond donors (Lipinski definition) is 1. The Bertz CT molecular complexity index is 698. The van der Waals surface area contributed by atoms with E-state index in [0.717, 1.165) is 11.3 Å². The lowest BCUT2D eigenvalue weighted by Crippen LogP contribution is -2.16. The van der Waals surface area contributed by atoms with Crippen LogP contribution >= 0.6 is 11.8 Å². The molecule has 0 spiro atoms. The minimum absolute atomic E-state index is 0.0928. The lowest BCUT2D eigenvalue weighted by Gasteiger charge is -2.10. The van der Waals surface area contributed by atoms with Gasteiger partial charge in [0.05, 0.1) is 19.9 Å². The highest BCUT2D eigenvalue weighted by molar-refractivity contribution is 7.98. The number of benzene rings is 1. The van der Waals surface area contributed by atoms with Crippen molar-refractivity contribution in [2.75, 3.05) is 20.5 Å². The minimum atomic E-state index is -0.0928. The maximum atomic E-state index is 11.9. The van der Waals surface area contributed by atoms with Crippen molar-refractivity contribution in [2.24, 2.45) is 0 Å². The van der Waals surface area contributed by atoms with Crippen LogP contribution in [0.3, 0.4) is 0 Å². The van der Waals surface area contributed by atoms with Gasteiger partial charge in [-0.1, -0.05) is 17.8 Å². The lowest BCUT2D eigenvalue weighted by atomic mass is 10.1. The van der Waals surface area contributed by atoms with Crippen molar-refractivity contribution in [1.29, 1.82) is 0 Å². The number of hydrogen-bond acceptors (Lipinski definition) is 5. The molecule has 5 nitrogen and oxygen atoms in total. The van der Waals surface area contributed by atoms with Crippen molar-refractivity contribution in [3.05, 3.63) is 45.4 Å². The SMILES string of the molecule is COc1ccc(Cc2nc(SC)[nH]c(=O)c2C)cc1OC. The first kappa shape index (κ1) is 15.4. The molecule has 2 rings (SSSR count). The Morgan fingerprint density at radius 2 is 1.95 bits per heavy atom. The van der Waals surface area contributed by atoms with E-state index in [0.29, 0.717) is 28.6 Å². The smallest absolute Gasteiger partial charge is 0.254 e. The molecule has 2 aromatic rings. The Balaban J connectivity index is 2.38. The van der Waals surface area contributed by atoms with Gasteiger partial charge in [0.25, 0.3) is 5.56 Å². The average molecular weight is 306 g/mol. The second-order valence-electron chi connectivity index (χ2n) is 4.51. The van der Waals surface area contributed by atoms with Gasteiger partial charge in [-0.15, -0.1) is 0 Å². The first-order chi connectivity index (χ1) is 10.1. The summed E-state index contributed by atoms with van der Waals surface area (Å²) in [6, 6.07) is 5.70. The van der Waals surface area contributed by atoms with Crippen LogP contribution in [0.5, 0.6) is 11.5 Å². The van der Waals surface area contributed by atoms with E-state index in [1.54, 1.807) is 21.1 Å². The van der Waals surface area contributed by atoms with E-state index in [2.05, 4.69) is 9.97 Å². The number of nitrogens with zero attached hydrogens (tertiary/aromatic N) is 1. The molecule has 1 heterocycles. The van der Waals surface area contributed by atoms with Gasteiger partial charge < -0.3 is 14.5 Å². The summed E-state index contributed by atoms with van der Waals surface area (Å²) in [5.74, 6) is 1.35. The first-order valence-corrected chi connectivity index (χ1v) is 7.66.